The number of ether oxygens (including phenoxy) is 2. The lowest BCUT2D eigenvalue weighted by molar-refractivity contribution is -0.188. The molecule has 1 aromatic rings. The van der Waals surface area contributed by atoms with Crippen LogP contribution in [0.3, 0.4) is 0 Å². The zero-order valence-electron chi connectivity index (χ0n) is 16.8. The van der Waals surface area contributed by atoms with Crippen LogP contribution in [-0.2, 0) is 21.4 Å². The number of piperidine rings is 1. The van der Waals surface area contributed by atoms with Crippen LogP contribution in [0.4, 0.5) is 0 Å². The number of carbonyl (C=O) groups excluding carboxylic acids is 2. The summed E-state index contributed by atoms with van der Waals surface area (Å²) in [5.74, 6) is 1.37. The minimum atomic E-state index is -0.982. The Kier molecular flexibility index (Phi) is 3.59. The van der Waals surface area contributed by atoms with Crippen molar-refractivity contribution in [1.29, 1.82) is 0 Å². The lowest BCUT2D eigenvalue weighted by atomic mass is 9.49. The van der Waals surface area contributed by atoms with Crippen LogP contribution in [0.5, 0.6) is 11.5 Å². The van der Waals surface area contributed by atoms with Crippen LogP contribution in [0.2, 0.25) is 0 Å². The number of likely N-dealkylation sites (tertiary alicyclic amines) is 1. The van der Waals surface area contributed by atoms with Gasteiger partial charge in [-0.2, -0.15) is 0 Å². The van der Waals surface area contributed by atoms with Crippen LogP contribution in [0.15, 0.2) is 12.1 Å². The molecule has 2 heterocycles. The largest absolute Gasteiger partial charge is 0.477 e. The average Bonchev–Trinajstić information content (AvgIpc) is 3.45. The molecule has 0 radical (unpaired) electrons. The zero-order chi connectivity index (χ0) is 20.0. The Bertz CT molecular complexity index is 924. The van der Waals surface area contributed by atoms with Crippen LogP contribution in [0.25, 0.3) is 0 Å². The molecule has 1 aromatic carbocycles. The monoisotopic (exact) mass is 397 g/mol. The average molecular weight is 397 g/mol. The second-order valence-electron chi connectivity index (χ2n) is 9.52. The fraction of sp³-hybridized carbons (Fsp3) is 0.652. The molecule has 6 heteroatoms. The Hall–Kier alpha value is -1.92. The number of carbonyl (C=O) groups is 2. The van der Waals surface area contributed by atoms with Gasteiger partial charge in [-0.05, 0) is 56.2 Å². The smallest absolute Gasteiger partial charge is 0.311 e. The summed E-state index contributed by atoms with van der Waals surface area (Å²) in [6.45, 7) is 3.66. The summed E-state index contributed by atoms with van der Waals surface area (Å²) in [5, 5.41) is 12.2. The van der Waals surface area contributed by atoms with Crippen molar-refractivity contribution in [1.82, 2.24) is 4.90 Å². The van der Waals surface area contributed by atoms with E-state index >= 15 is 0 Å². The van der Waals surface area contributed by atoms with Gasteiger partial charge < -0.3 is 14.6 Å². The SMILES string of the molecule is CCC(=O)Oc1ccc2c3c1O[C@H]1C(=O)CC[C@@]4(O)[C@@H](C2)N(CC2CC2)CC[C@]314. The van der Waals surface area contributed by atoms with Crippen molar-refractivity contribution in [2.45, 2.75) is 75.0 Å². The Morgan fingerprint density at radius 2 is 2.17 bits per heavy atom. The van der Waals surface area contributed by atoms with Gasteiger partial charge in [0.2, 0.25) is 0 Å². The van der Waals surface area contributed by atoms with Gasteiger partial charge in [0.1, 0.15) is 0 Å². The number of Topliss-reactive ketones (excluding diaryl/α,β-unsaturated/α-hetero) is 1. The number of hydrogen-bond donors (Lipinski definition) is 1. The number of rotatable bonds is 4. The molecule has 5 aliphatic rings. The van der Waals surface area contributed by atoms with Gasteiger partial charge in [0.15, 0.2) is 23.4 Å². The van der Waals surface area contributed by atoms with E-state index in [0.29, 0.717) is 30.8 Å². The number of aliphatic hydroxyl groups is 1. The molecular weight excluding hydrogens is 370 g/mol. The zero-order valence-corrected chi connectivity index (χ0v) is 16.8. The number of benzene rings is 1. The van der Waals surface area contributed by atoms with E-state index in [1.54, 1.807) is 13.0 Å². The maximum absolute atomic E-state index is 13.0. The maximum Gasteiger partial charge on any atom is 0.311 e. The minimum Gasteiger partial charge on any atom is -0.477 e. The van der Waals surface area contributed by atoms with Gasteiger partial charge in [0.25, 0.3) is 0 Å². The summed E-state index contributed by atoms with van der Waals surface area (Å²) < 4.78 is 11.8. The third-order valence-corrected chi connectivity index (χ3v) is 8.06. The van der Waals surface area contributed by atoms with Crippen molar-refractivity contribution >= 4 is 11.8 Å². The number of esters is 1. The van der Waals surface area contributed by atoms with Crippen molar-refractivity contribution in [3.8, 4) is 11.5 Å². The van der Waals surface area contributed by atoms with E-state index in [-0.39, 0.29) is 24.2 Å². The Balaban J connectivity index is 1.52. The maximum atomic E-state index is 13.0. The molecule has 154 valence electrons. The molecule has 2 aliphatic heterocycles. The lowest BCUT2D eigenvalue weighted by Gasteiger charge is -2.62. The van der Waals surface area contributed by atoms with E-state index < -0.39 is 17.1 Å². The van der Waals surface area contributed by atoms with Crippen molar-refractivity contribution < 1.29 is 24.2 Å². The number of nitrogens with zero attached hydrogens (tertiary/aromatic N) is 1. The summed E-state index contributed by atoms with van der Waals surface area (Å²) in [5.41, 5.74) is 0.361. The van der Waals surface area contributed by atoms with E-state index in [2.05, 4.69) is 4.90 Å². The molecule has 0 aromatic heterocycles. The molecule has 29 heavy (non-hydrogen) atoms. The van der Waals surface area contributed by atoms with E-state index in [4.69, 9.17) is 9.47 Å². The first-order valence-corrected chi connectivity index (χ1v) is 11.0. The molecule has 0 unspecified atom stereocenters. The highest BCUT2D eigenvalue weighted by molar-refractivity contribution is 5.90. The van der Waals surface area contributed by atoms with Crippen LogP contribution >= 0.6 is 0 Å². The molecule has 1 saturated heterocycles. The van der Waals surface area contributed by atoms with Crippen LogP contribution < -0.4 is 9.47 Å². The fourth-order valence-electron chi connectivity index (χ4n) is 6.53. The van der Waals surface area contributed by atoms with Crippen molar-refractivity contribution in [3.63, 3.8) is 0 Å². The third-order valence-electron chi connectivity index (χ3n) is 8.06. The van der Waals surface area contributed by atoms with Crippen LogP contribution in [0.1, 0.15) is 56.6 Å². The summed E-state index contributed by atoms with van der Waals surface area (Å²) in [6, 6.07) is 3.82. The molecule has 4 atom stereocenters. The van der Waals surface area contributed by atoms with Gasteiger partial charge >= 0.3 is 5.97 Å². The van der Waals surface area contributed by atoms with E-state index in [1.165, 1.54) is 12.8 Å². The number of ketones is 1. The summed E-state index contributed by atoms with van der Waals surface area (Å²) in [6.07, 6.45) is 4.43. The van der Waals surface area contributed by atoms with Crippen LogP contribution in [-0.4, -0.2) is 52.6 Å². The molecule has 1 N–H and O–H groups in total. The van der Waals surface area contributed by atoms with E-state index in [0.717, 1.165) is 36.6 Å². The summed E-state index contributed by atoms with van der Waals surface area (Å²) in [7, 11) is 0. The van der Waals surface area contributed by atoms with Gasteiger partial charge in [-0.3, -0.25) is 14.5 Å². The molecule has 2 bridgehead atoms. The fourth-order valence-corrected chi connectivity index (χ4v) is 6.53. The Morgan fingerprint density at radius 3 is 2.93 bits per heavy atom. The standard InChI is InChI=1S/C23H27NO5/c1-2-18(26)28-16-6-5-14-11-17-23(27)8-7-15(25)21-22(23,19(14)20(16)29-21)9-10-24(17)12-13-3-4-13/h5-6,13,17,21,27H,2-4,7-12H2,1H3/t17-,21+,22+,23-/m1/s1. The van der Waals surface area contributed by atoms with Gasteiger partial charge in [0.05, 0.1) is 11.0 Å². The minimum absolute atomic E-state index is 0.0125. The molecule has 2 saturated carbocycles. The quantitative estimate of drug-likeness (QED) is 0.620. The van der Waals surface area contributed by atoms with Gasteiger partial charge in [-0.25, -0.2) is 0 Å². The third kappa shape index (κ3) is 2.19. The lowest BCUT2D eigenvalue weighted by Crippen LogP contribution is -2.76. The Morgan fingerprint density at radius 1 is 1.34 bits per heavy atom. The highest BCUT2D eigenvalue weighted by Gasteiger charge is 2.73. The number of hydrogen-bond acceptors (Lipinski definition) is 6. The van der Waals surface area contributed by atoms with Crippen LogP contribution in [0, 0.1) is 5.92 Å². The topological polar surface area (TPSA) is 76.1 Å². The highest BCUT2D eigenvalue weighted by Crippen LogP contribution is 2.65. The van der Waals surface area contributed by atoms with Gasteiger partial charge in [0, 0.05) is 31.0 Å². The second-order valence-corrected chi connectivity index (χ2v) is 9.52. The first-order chi connectivity index (χ1) is 14.0. The van der Waals surface area contributed by atoms with Gasteiger partial charge in [-0.1, -0.05) is 13.0 Å². The molecule has 1 spiro atoms. The van der Waals surface area contributed by atoms with E-state index in [9.17, 15) is 14.7 Å². The predicted octanol–water partition coefficient (Wildman–Crippen LogP) is 2.14. The predicted molar refractivity (Wildman–Crippen MR) is 104 cm³/mol. The second kappa shape index (κ2) is 5.82. The molecule has 6 rings (SSSR count). The first kappa shape index (κ1) is 17.9. The highest BCUT2D eigenvalue weighted by atomic mass is 16.6. The molecule has 0 amide bonds. The summed E-state index contributed by atoms with van der Waals surface area (Å²) >= 11 is 0. The Labute approximate surface area is 170 Å². The molecular formula is C23H27NO5. The van der Waals surface area contributed by atoms with Crippen molar-refractivity contribution in [3.05, 3.63) is 23.3 Å². The van der Waals surface area contributed by atoms with E-state index in [1.807, 2.05) is 6.07 Å². The van der Waals surface area contributed by atoms with Gasteiger partial charge in [-0.15, -0.1) is 0 Å². The normalized spacial score (nSPS) is 37.1. The van der Waals surface area contributed by atoms with Crippen molar-refractivity contribution in [2.75, 3.05) is 13.1 Å². The molecule has 3 fully saturated rings. The van der Waals surface area contributed by atoms with Crippen molar-refractivity contribution in [2.24, 2.45) is 5.92 Å². The molecule has 3 aliphatic carbocycles. The molecule has 6 nitrogen and oxygen atoms in total. The summed E-state index contributed by atoms with van der Waals surface area (Å²) in [4.78, 5) is 27.4. The first-order valence-electron chi connectivity index (χ1n) is 11.0.